The summed E-state index contributed by atoms with van der Waals surface area (Å²) in [6.45, 7) is 2.15. The SMILES string of the molecule is O=C(NCCC1=CCCCC1)C1CCN(C(=O)NC2CCCCC2)CC1. The van der Waals surface area contributed by atoms with E-state index in [2.05, 4.69) is 16.7 Å². The highest BCUT2D eigenvalue weighted by atomic mass is 16.2. The average Bonchev–Trinajstić information content (AvgIpc) is 2.69. The van der Waals surface area contributed by atoms with E-state index in [0.29, 0.717) is 19.1 Å². The standard InChI is InChI=1S/C21H35N3O2/c25-20(22-14-11-17-7-3-1-4-8-17)18-12-15-24(16-13-18)21(26)23-19-9-5-2-6-10-19/h7,18-19H,1-6,8-16H2,(H,22,25)(H,23,26). The molecule has 0 aromatic heterocycles. The molecule has 0 aromatic carbocycles. The lowest BCUT2D eigenvalue weighted by atomic mass is 9.94. The van der Waals surface area contributed by atoms with Crippen LogP contribution in [0.25, 0.3) is 0 Å². The van der Waals surface area contributed by atoms with Crippen molar-refractivity contribution >= 4 is 11.9 Å². The Hall–Kier alpha value is -1.52. The molecule has 1 saturated heterocycles. The summed E-state index contributed by atoms with van der Waals surface area (Å²) in [7, 11) is 0. The number of urea groups is 1. The predicted octanol–water partition coefficient (Wildman–Crippen LogP) is 3.75. The first-order valence-electron chi connectivity index (χ1n) is 10.7. The number of amides is 3. The number of nitrogens with zero attached hydrogens (tertiary/aromatic N) is 1. The minimum absolute atomic E-state index is 0.0639. The molecule has 1 saturated carbocycles. The van der Waals surface area contributed by atoms with Crippen LogP contribution in [-0.4, -0.2) is 42.5 Å². The van der Waals surface area contributed by atoms with Gasteiger partial charge >= 0.3 is 6.03 Å². The van der Waals surface area contributed by atoms with Crippen LogP contribution in [0.2, 0.25) is 0 Å². The van der Waals surface area contributed by atoms with E-state index in [-0.39, 0.29) is 17.9 Å². The van der Waals surface area contributed by atoms with Crippen molar-refractivity contribution in [3.05, 3.63) is 11.6 Å². The lowest BCUT2D eigenvalue weighted by molar-refractivity contribution is -0.126. The summed E-state index contributed by atoms with van der Waals surface area (Å²) in [5.74, 6) is 0.239. The highest BCUT2D eigenvalue weighted by Gasteiger charge is 2.28. The number of carbonyl (C=O) groups excluding carboxylic acids is 2. The summed E-state index contributed by atoms with van der Waals surface area (Å²) in [4.78, 5) is 26.7. The van der Waals surface area contributed by atoms with Crippen molar-refractivity contribution in [3.63, 3.8) is 0 Å². The molecule has 1 heterocycles. The van der Waals surface area contributed by atoms with Gasteiger partial charge in [-0.1, -0.05) is 30.9 Å². The molecule has 2 fully saturated rings. The van der Waals surface area contributed by atoms with Crippen molar-refractivity contribution < 1.29 is 9.59 Å². The van der Waals surface area contributed by atoms with E-state index in [9.17, 15) is 9.59 Å². The van der Waals surface area contributed by atoms with Crippen LogP contribution in [0.4, 0.5) is 4.79 Å². The molecule has 3 rings (SSSR count). The highest BCUT2D eigenvalue weighted by Crippen LogP contribution is 2.21. The van der Waals surface area contributed by atoms with Crippen molar-refractivity contribution in [1.82, 2.24) is 15.5 Å². The number of hydrogen-bond donors (Lipinski definition) is 2. The molecule has 0 aromatic rings. The molecule has 0 atom stereocenters. The topological polar surface area (TPSA) is 61.4 Å². The van der Waals surface area contributed by atoms with Crippen molar-refractivity contribution in [2.75, 3.05) is 19.6 Å². The molecule has 2 N–H and O–H groups in total. The maximum absolute atomic E-state index is 12.4. The Kier molecular flexibility index (Phi) is 7.39. The van der Waals surface area contributed by atoms with Gasteiger partial charge in [-0.15, -0.1) is 0 Å². The molecule has 146 valence electrons. The third kappa shape index (κ3) is 5.75. The quantitative estimate of drug-likeness (QED) is 0.733. The molecule has 3 aliphatic rings. The summed E-state index contributed by atoms with van der Waals surface area (Å²) in [5, 5.41) is 6.29. The Morgan fingerprint density at radius 3 is 2.46 bits per heavy atom. The normalized spacial score (nSPS) is 22.6. The number of hydrogen-bond acceptors (Lipinski definition) is 2. The largest absolute Gasteiger partial charge is 0.356 e. The lowest BCUT2D eigenvalue weighted by Gasteiger charge is -2.33. The van der Waals surface area contributed by atoms with E-state index in [0.717, 1.165) is 38.6 Å². The zero-order valence-corrected chi connectivity index (χ0v) is 16.1. The second-order valence-corrected chi connectivity index (χ2v) is 8.19. The van der Waals surface area contributed by atoms with Gasteiger partial charge in [-0.25, -0.2) is 4.79 Å². The maximum atomic E-state index is 12.4. The Morgan fingerprint density at radius 1 is 1.00 bits per heavy atom. The van der Waals surface area contributed by atoms with Crippen molar-refractivity contribution in [1.29, 1.82) is 0 Å². The van der Waals surface area contributed by atoms with Crippen LogP contribution in [0, 0.1) is 5.92 Å². The van der Waals surface area contributed by atoms with Gasteiger partial charge in [-0.2, -0.15) is 0 Å². The van der Waals surface area contributed by atoms with Gasteiger partial charge in [0.05, 0.1) is 0 Å². The van der Waals surface area contributed by atoms with Crippen LogP contribution in [0.3, 0.4) is 0 Å². The number of allylic oxidation sites excluding steroid dienone is 1. The zero-order valence-electron chi connectivity index (χ0n) is 16.1. The number of likely N-dealkylation sites (tertiary alicyclic amines) is 1. The van der Waals surface area contributed by atoms with Gasteiger partial charge in [0.15, 0.2) is 0 Å². The highest BCUT2D eigenvalue weighted by molar-refractivity contribution is 5.79. The molecule has 2 aliphatic carbocycles. The molecule has 0 radical (unpaired) electrons. The van der Waals surface area contributed by atoms with E-state index in [1.807, 2.05) is 4.90 Å². The van der Waals surface area contributed by atoms with E-state index >= 15 is 0 Å². The Balaban J connectivity index is 1.32. The second kappa shape index (κ2) is 9.98. The van der Waals surface area contributed by atoms with E-state index in [4.69, 9.17) is 0 Å². The molecule has 5 nitrogen and oxygen atoms in total. The molecule has 0 unspecified atom stereocenters. The predicted molar refractivity (Wildman–Crippen MR) is 104 cm³/mol. The summed E-state index contributed by atoms with van der Waals surface area (Å²) in [6.07, 6.45) is 15.9. The minimum atomic E-state index is 0.0639. The van der Waals surface area contributed by atoms with Crippen molar-refractivity contribution in [2.45, 2.75) is 83.1 Å². The molecule has 0 bridgehead atoms. The van der Waals surface area contributed by atoms with Gasteiger partial charge in [0, 0.05) is 31.6 Å². The smallest absolute Gasteiger partial charge is 0.317 e. The minimum Gasteiger partial charge on any atom is -0.356 e. The van der Waals surface area contributed by atoms with Gasteiger partial charge < -0.3 is 15.5 Å². The molecule has 5 heteroatoms. The molecule has 1 aliphatic heterocycles. The third-order valence-electron chi connectivity index (χ3n) is 6.22. The first-order valence-corrected chi connectivity index (χ1v) is 10.7. The fourth-order valence-electron chi connectivity index (χ4n) is 4.48. The molecule has 3 amide bonds. The number of nitrogens with one attached hydrogen (secondary N) is 2. The van der Waals surface area contributed by atoms with Gasteiger partial charge in [0.1, 0.15) is 0 Å². The fraction of sp³-hybridized carbons (Fsp3) is 0.810. The van der Waals surface area contributed by atoms with Gasteiger partial charge in [-0.3, -0.25) is 4.79 Å². The van der Waals surface area contributed by atoms with Gasteiger partial charge in [-0.05, 0) is 57.8 Å². The number of carbonyl (C=O) groups is 2. The van der Waals surface area contributed by atoms with Crippen LogP contribution < -0.4 is 10.6 Å². The summed E-state index contributed by atoms with van der Waals surface area (Å²) >= 11 is 0. The average molecular weight is 362 g/mol. The Morgan fingerprint density at radius 2 is 1.77 bits per heavy atom. The number of rotatable bonds is 5. The monoisotopic (exact) mass is 361 g/mol. The molecule has 0 spiro atoms. The first-order chi connectivity index (χ1) is 12.7. The first kappa shape index (κ1) is 19.2. The fourth-order valence-corrected chi connectivity index (χ4v) is 4.48. The van der Waals surface area contributed by atoms with Crippen molar-refractivity contribution in [2.24, 2.45) is 5.92 Å². The van der Waals surface area contributed by atoms with Gasteiger partial charge in [0.2, 0.25) is 5.91 Å². The molecular formula is C21H35N3O2. The second-order valence-electron chi connectivity index (χ2n) is 8.19. The van der Waals surface area contributed by atoms with Crippen LogP contribution in [0.1, 0.15) is 77.0 Å². The van der Waals surface area contributed by atoms with E-state index in [1.54, 1.807) is 0 Å². The van der Waals surface area contributed by atoms with E-state index in [1.165, 1.54) is 50.5 Å². The van der Waals surface area contributed by atoms with Crippen LogP contribution >= 0.6 is 0 Å². The maximum Gasteiger partial charge on any atom is 0.317 e. The molecule has 26 heavy (non-hydrogen) atoms. The van der Waals surface area contributed by atoms with Gasteiger partial charge in [0.25, 0.3) is 0 Å². The number of piperidine rings is 1. The third-order valence-corrected chi connectivity index (χ3v) is 6.22. The summed E-state index contributed by atoms with van der Waals surface area (Å²) < 4.78 is 0. The van der Waals surface area contributed by atoms with Crippen LogP contribution in [-0.2, 0) is 4.79 Å². The summed E-state index contributed by atoms with van der Waals surface area (Å²) in [6, 6.07) is 0.423. The van der Waals surface area contributed by atoms with Crippen LogP contribution in [0.15, 0.2) is 11.6 Å². The molecular weight excluding hydrogens is 326 g/mol. The zero-order chi connectivity index (χ0) is 18.2. The Labute approximate surface area is 158 Å². The van der Waals surface area contributed by atoms with Crippen LogP contribution in [0.5, 0.6) is 0 Å². The Bertz CT molecular complexity index is 503. The lowest BCUT2D eigenvalue weighted by Crippen LogP contribution is -2.49. The van der Waals surface area contributed by atoms with E-state index < -0.39 is 0 Å². The van der Waals surface area contributed by atoms with Crippen molar-refractivity contribution in [3.8, 4) is 0 Å². The summed E-state index contributed by atoms with van der Waals surface area (Å²) in [5.41, 5.74) is 1.51.